The van der Waals surface area contributed by atoms with E-state index in [4.69, 9.17) is 4.74 Å². The molecule has 1 N–H and O–H groups in total. The number of hydrogen-bond donors (Lipinski definition) is 1. The van der Waals surface area contributed by atoms with Crippen molar-refractivity contribution in [1.82, 2.24) is 5.32 Å². The predicted molar refractivity (Wildman–Crippen MR) is 139 cm³/mol. The second-order valence-corrected chi connectivity index (χ2v) is 9.50. The summed E-state index contributed by atoms with van der Waals surface area (Å²) in [6.45, 7) is 5.13. The summed E-state index contributed by atoms with van der Waals surface area (Å²) in [6, 6.07) is 16.3. The maximum absolute atomic E-state index is 12.3. The molecule has 0 radical (unpaired) electrons. The van der Waals surface area contributed by atoms with E-state index in [9.17, 15) is 4.79 Å². The largest absolute Gasteiger partial charge is 0.494 e. The van der Waals surface area contributed by atoms with Crippen LogP contribution in [-0.2, 0) is 17.6 Å². The van der Waals surface area contributed by atoms with Crippen molar-refractivity contribution in [3.05, 3.63) is 65.2 Å². The van der Waals surface area contributed by atoms with E-state index in [0.717, 1.165) is 36.3 Å². The molecule has 0 aromatic heterocycles. The number of ether oxygens (including phenoxy) is 1. The van der Waals surface area contributed by atoms with Crippen LogP contribution in [0.2, 0.25) is 0 Å². The van der Waals surface area contributed by atoms with Crippen molar-refractivity contribution in [1.29, 1.82) is 0 Å². The molecule has 1 atom stereocenters. The quantitative estimate of drug-likeness (QED) is 0.219. The lowest BCUT2D eigenvalue weighted by Gasteiger charge is -2.06. The van der Waals surface area contributed by atoms with Gasteiger partial charge in [0.15, 0.2) is 5.17 Å². The molecule has 1 aliphatic heterocycles. The zero-order valence-corrected chi connectivity index (χ0v) is 20.6. The van der Waals surface area contributed by atoms with Gasteiger partial charge in [-0.15, -0.1) is 5.10 Å². The van der Waals surface area contributed by atoms with E-state index in [1.165, 1.54) is 49.4 Å². The fourth-order valence-corrected chi connectivity index (χ4v) is 4.55. The van der Waals surface area contributed by atoms with Gasteiger partial charge in [0.2, 0.25) is 5.91 Å². The van der Waals surface area contributed by atoms with Crippen LogP contribution in [0, 0.1) is 0 Å². The Labute approximate surface area is 202 Å². The fraction of sp³-hybridized carbons (Fsp3) is 0.444. The second-order valence-electron chi connectivity index (χ2n) is 8.30. The van der Waals surface area contributed by atoms with Crippen LogP contribution in [0.1, 0.15) is 69.1 Å². The Morgan fingerprint density at radius 2 is 1.64 bits per heavy atom. The van der Waals surface area contributed by atoms with Crippen molar-refractivity contribution in [3.63, 3.8) is 0 Å². The van der Waals surface area contributed by atoms with Crippen LogP contribution in [0.25, 0.3) is 0 Å². The number of aryl methyl sites for hydroxylation is 1. The normalized spacial score (nSPS) is 17.1. The first-order valence-corrected chi connectivity index (χ1v) is 12.9. The van der Waals surface area contributed by atoms with Crippen molar-refractivity contribution in [3.8, 4) is 5.75 Å². The molecule has 33 heavy (non-hydrogen) atoms. The van der Waals surface area contributed by atoms with E-state index < -0.39 is 0 Å². The molecule has 3 rings (SSSR count). The molecule has 0 spiro atoms. The van der Waals surface area contributed by atoms with Crippen molar-refractivity contribution < 1.29 is 9.53 Å². The Hall–Kier alpha value is -2.60. The van der Waals surface area contributed by atoms with Crippen LogP contribution in [0.3, 0.4) is 0 Å². The minimum absolute atomic E-state index is 0.0135. The Balaban J connectivity index is 1.41. The molecule has 0 unspecified atom stereocenters. The lowest BCUT2D eigenvalue weighted by molar-refractivity contribution is -0.118. The van der Waals surface area contributed by atoms with Gasteiger partial charge in [-0.1, -0.05) is 82.0 Å². The molecule has 2 aromatic carbocycles. The van der Waals surface area contributed by atoms with Gasteiger partial charge in [-0.05, 0) is 60.2 Å². The van der Waals surface area contributed by atoms with Gasteiger partial charge in [-0.3, -0.25) is 4.79 Å². The average Bonchev–Trinajstić information content (AvgIpc) is 3.18. The topological polar surface area (TPSA) is 63.1 Å². The number of carbonyl (C=O) groups is 1. The molecule has 1 fully saturated rings. The lowest BCUT2D eigenvalue weighted by atomic mass is 10.1. The van der Waals surface area contributed by atoms with E-state index in [-0.39, 0.29) is 11.2 Å². The SMILES string of the molecule is CCCCCCCCOc1ccc(/C=N\N=C2\NC(=O)[C@H](Cc3ccc(CC)cc3)S2)cc1. The van der Waals surface area contributed by atoms with Crippen molar-refractivity contribution in [2.45, 2.75) is 70.5 Å². The maximum Gasteiger partial charge on any atom is 0.239 e. The zero-order chi connectivity index (χ0) is 23.3. The lowest BCUT2D eigenvalue weighted by Crippen LogP contribution is -2.25. The molecule has 1 amide bonds. The summed E-state index contributed by atoms with van der Waals surface area (Å²) >= 11 is 1.43. The minimum Gasteiger partial charge on any atom is -0.494 e. The van der Waals surface area contributed by atoms with Crippen LogP contribution < -0.4 is 10.1 Å². The van der Waals surface area contributed by atoms with E-state index >= 15 is 0 Å². The monoisotopic (exact) mass is 465 g/mol. The fourth-order valence-electron chi connectivity index (χ4n) is 3.58. The number of nitrogens with one attached hydrogen (secondary N) is 1. The summed E-state index contributed by atoms with van der Waals surface area (Å²) in [4.78, 5) is 12.3. The summed E-state index contributed by atoms with van der Waals surface area (Å²) in [7, 11) is 0. The first-order chi connectivity index (χ1) is 16.2. The van der Waals surface area contributed by atoms with Gasteiger partial charge in [0.1, 0.15) is 5.75 Å². The molecule has 6 heteroatoms. The number of unbranched alkanes of at least 4 members (excludes halogenated alkanes) is 5. The van der Waals surface area contributed by atoms with Gasteiger partial charge in [-0.2, -0.15) is 5.10 Å². The number of carbonyl (C=O) groups excluding carboxylic acids is 1. The van der Waals surface area contributed by atoms with E-state index in [1.54, 1.807) is 6.21 Å². The van der Waals surface area contributed by atoms with Crippen LogP contribution in [0.5, 0.6) is 5.75 Å². The molecular formula is C27H35N3O2S. The standard InChI is InChI=1S/C27H35N3O2S/c1-3-5-6-7-8-9-18-32-24-16-14-23(15-17-24)20-28-30-27-29-26(31)25(33-27)19-22-12-10-21(4-2)11-13-22/h10-17,20,25H,3-9,18-19H2,1-2H3,(H,29,30,31)/b28-20-/t25-/m0/s1. The third-order valence-electron chi connectivity index (χ3n) is 5.63. The third kappa shape index (κ3) is 8.69. The first kappa shape index (κ1) is 25.0. The molecule has 176 valence electrons. The minimum atomic E-state index is -0.172. The van der Waals surface area contributed by atoms with Gasteiger partial charge in [0, 0.05) is 0 Å². The maximum atomic E-state index is 12.3. The molecule has 2 aromatic rings. The highest BCUT2D eigenvalue weighted by Crippen LogP contribution is 2.23. The first-order valence-electron chi connectivity index (χ1n) is 12.1. The van der Waals surface area contributed by atoms with Gasteiger partial charge in [0.05, 0.1) is 18.1 Å². The number of hydrogen-bond acceptors (Lipinski definition) is 5. The molecule has 0 aliphatic carbocycles. The summed E-state index contributed by atoms with van der Waals surface area (Å²) in [5.41, 5.74) is 3.40. The Bertz CT molecular complexity index is 923. The highest BCUT2D eigenvalue weighted by Gasteiger charge is 2.30. The number of amidine groups is 1. The Kier molecular flexibility index (Phi) is 10.5. The summed E-state index contributed by atoms with van der Waals surface area (Å²) in [5, 5.41) is 11.5. The molecule has 0 saturated carbocycles. The summed E-state index contributed by atoms with van der Waals surface area (Å²) < 4.78 is 5.82. The highest BCUT2D eigenvalue weighted by atomic mass is 32.2. The predicted octanol–water partition coefficient (Wildman–Crippen LogP) is 6.15. The smallest absolute Gasteiger partial charge is 0.239 e. The van der Waals surface area contributed by atoms with Crippen molar-refractivity contribution >= 4 is 29.1 Å². The van der Waals surface area contributed by atoms with E-state index in [2.05, 4.69) is 53.6 Å². The van der Waals surface area contributed by atoms with Gasteiger partial charge in [-0.25, -0.2) is 0 Å². The van der Waals surface area contributed by atoms with Crippen molar-refractivity contribution in [2.75, 3.05) is 6.61 Å². The van der Waals surface area contributed by atoms with Crippen LogP contribution in [0.15, 0.2) is 58.7 Å². The second kappa shape index (κ2) is 13.8. The highest BCUT2D eigenvalue weighted by molar-refractivity contribution is 8.15. The third-order valence-corrected chi connectivity index (χ3v) is 6.70. The summed E-state index contributed by atoms with van der Waals surface area (Å²) in [5.74, 6) is 0.862. The number of amides is 1. The van der Waals surface area contributed by atoms with Gasteiger partial charge in [0.25, 0.3) is 0 Å². The van der Waals surface area contributed by atoms with Crippen LogP contribution >= 0.6 is 11.8 Å². The molecule has 1 heterocycles. The van der Waals surface area contributed by atoms with E-state index in [1.807, 2.05) is 24.3 Å². The zero-order valence-electron chi connectivity index (χ0n) is 19.8. The Morgan fingerprint density at radius 3 is 2.36 bits per heavy atom. The van der Waals surface area contributed by atoms with Crippen LogP contribution in [0.4, 0.5) is 0 Å². The van der Waals surface area contributed by atoms with Gasteiger partial charge < -0.3 is 10.1 Å². The molecule has 1 aliphatic rings. The average molecular weight is 466 g/mol. The number of benzene rings is 2. The number of rotatable bonds is 13. The molecular weight excluding hydrogens is 430 g/mol. The van der Waals surface area contributed by atoms with Crippen molar-refractivity contribution in [2.24, 2.45) is 10.2 Å². The Morgan fingerprint density at radius 1 is 0.939 bits per heavy atom. The molecule has 5 nitrogen and oxygen atoms in total. The molecule has 0 bridgehead atoms. The number of nitrogens with zero attached hydrogens (tertiary/aromatic N) is 2. The van der Waals surface area contributed by atoms with Gasteiger partial charge >= 0.3 is 0 Å². The van der Waals surface area contributed by atoms with Crippen LogP contribution in [-0.4, -0.2) is 29.1 Å². The molecule has 1 saturated heterocycles. The van der Waals surface area contributed by atoms with E-state index in [0.29, 0.717) is 11.6 Å². The summed E-state index contributed by atoms with van der Waals surface area (Å²) in [6.07, 6.45) is 10.9. The number of thioether (sulfide) groups is 1.